The molecule has 94 valence electrons. The van der Waals surface area contributed by atoms with Gasteiger partial charge in [-0.15, -0.1) is 0 Å². The van der Waals surface area contributed by atoms with Crippen molar-refractivity contribution in [3.05, 3.63) is 0 Å². The predicted molar refractivity (Wildman–Crippen MR) is 65.4 cm³/mol. The third kappa shape index (κ3) is 4.52. The molecule has 1 atom stereocenters. The standard InChI is InChI=1S/C13H25NO2/c1-10(2)8-11(3)9-14-6-4-12(5-7-14)13(15)16/h10-12H,4-9H2,1-3H3,(H,15,16). The maximum atomic E-state index is 10.8. The number of piperidine rings is 1. The third-order valence-electron chi connectivity index (χ3n) is 3.38. The Morgan fingerprint density at radius 3 is 2.31 bits per heavy atom. The number of hydrogen-bond acceptors (Lipinski definition) is 2. The molecule has 1 unspecified atom stereocenters. The van der Waals surface area contributed by atoms with Crippen LogP contribution in [0.15, 0.2) is 0 Å². The van der Waals surface area contributed by atoms with Crippen LogP contribution in [-0.2, 0) is 4.79 Å². The van der Waals surface area contributed by atoms with Crippen molar-refractivity contribution in [2.45, 2.75) is 40.0 Å². The van der Waals surface area contributed by atoms with Gasteiger partial charge in [-0.25, -0.2) is 0 Å². The summed E-state index contributed by atoms with van der Waals surface area (Å²) in [6.45, 7) is 9.85. The van der Waals surface area contributed by atoms with Gasteiger partial charge in [-0.3, -0.25) is 4.79 Å². The van der Waals surface area contributed by atoms with Gasteiger partial charge < -0.3 is 10.0 Å². The molecule has 1 saturated heterocycles. The fraction of sp³-hybridized carbons (Fsp3) is 0.923. The number of carboxylic acids is 1. The first-order chi connectivity index (χ1) is 7.49. The van der Waals surface area contributed by atoms with Crippen molar-refractivity contribution in [3.63, 3.8) is 0 Å². The van der Waals surface area contributed by atoms with Crippen molar-refractivity contribution in [3.8, 4) is 0 Å². The Labute approximate surface area is 98.8 Å². The zero-order valence-corrected chi connectivity index (χ0v) is 10.8. The van der Waals surface area contributed by atoms with Crippen molar-refractivity contribution in [1.82, 2.24) is 4.90 Å². The summed E-state index contributed by atoms with van der Waals surface area (Å²) >= 11 is 0. The molecule has 0 radical (unpaired) electrons. The monoisotopic (exact) mass is 227 g/mol. The van der Waals surface area contributed by atoms with Crippen molar-refractivity contribution >= 4 is 5.97 Å². The van der Waals surface area contributed by atoms with E-state index in [1.54, 1.807) is 0 Å². The van der Waals surface area contributed by atoms with Crippen LogP contribution in [0.5, 0.6) is 0 Å². The summed E-state index contributed by atoms with van der Waals surface area (Å²) in [5.41, 5.74) is 0. The number of rotatable bonds is 5. The summed E-state index contributed by atoms with van der Waals surface area (Å²) in [7, 11) is 0. The molecule has 1 rings (SSSR count). The SMILES string of the molecule is CC(C)CC(C)CN1CCC(C(=O)O)CC1. The first kappa shape index (κ1) is 13.5. The van der Waals surface area contributed by atoms with Gasteiger partial charge in [0.2, 0.25) is 0 Å². The normalized spacial score (nSPS) is 21.2. The molecule has 1 N–H and O–H groups in total. The lowest BCUT2D eigenvalue weighted by Gasteiger charge is -2.32. The number of carboxylic acid groups (broad SMARTS) is 1. The largest absolute Gasteiger partial charge is 0.481 e. The van der Waals surface area contributed by atoms with Crippen molar-refractivity contribution < 1.29 is 9.90 Å². The molecule has 3 nitrogen and oxygen atoms in total. The van der Waals surface area contributed by atoms with Gasteiger partial charge in [0, 0.05) is 6.54 Å². The number of likely N-dealkylation sites (tertiary alicyclic amines) is 1. The second-order valence-corrected chi connectivity index (χ2v) is 5.65. The molecule has 1 heterocycles. The molecule has 0 aromatic carbocycles. The quantitative estimate of drug-likeness (QED) is 0.784. The van der Waals surface area contributed by atoms with E-state index < -0.39 is 5.97 Å². The Balaban J connectivity index is 2.24. The van der Waals surface area contributed by atoms with E-state index in [2.05, 4.69) is 25.7 Å². The van der Waals surface area contributed by atoms with E-state index in [-0.39, 0.29) is 5.92 Å². The van der Waals surface area contributed by atoms with Gasteiger partial charge in [0.25, 0.3) is 0 Å². The molecular formula is C13H25NO2. The fourth-order valence-electron chi connectivity index (χ4n) is 2.68. The van der Waals surface area contributed by atoms with Crippen LogP contribution in [0.4, 0.5) is 0 Å². The number of aliphatic carboxylic acids is 1. The highest BCUT2D eigenvalue weighted by atomic mass is 16.4. The minimum Gasteiger partial charge on any atom is -0.481 e. The van der Waals surface area contributed by atoms with E-state index >= 15 is 0 Å². The van der Waals surface area contributed by atoms with E-state index in [1.165, 1.54) is 6.42 Å². The first-order valence-corrected chi connectivity index (χ1v) is 6.44. The second kappa shape index (κ2) is 6.24. The van der Waals surface area contributed by atoms with Gasteiger partial charge in [-0.2, -0.15) is 0 Å². The van der Waals surface area contributed by atoms with Crippen LogP contribution < -0.4 is 0 Å². The van der Waals surface area contributed by atoms with Crippen LogP contribution in [0, 0.1) is 17.8 Å². The van der Waals surface area contributed by atoms with Crippen LogP contribution in [0.1, 0.15) is 40.0 Å². The van der Waals surface area contributed by atoms with Gasteiger partial charge >= 0.3 is 5.97 Å². The molecule has 0 amide bonds. The zero-order chi connectivity index (χ0) is 12.1. The average Bonchev–Trinajstić information content (AvgIpc) is 2.16. The summed E-state index contributed by atoms with van der Waals surface area (Å²) in [6, 6.07) is 0. The highest BCUT2D eigenvalue weighted by Gasteiger charge is 2.24. The van der Waals surface area contributed by atoms with Crippen LogP contribution in [0.25, 0.3) is 0 Å². The van der Waals surface area contributed by atoms with Crippen LogP contribution >= 0.6 is 0 Å². The number of hydrogen-bond donors (Lipinski definition) is 1. The van der Waals surface area contributed by atoms with E-state index in [4.69, 9.17) is 5.11 Å². The van der Waals surface area contributed by atoms with Gasteiger partial charge in [-0.1, -0.05) is 20.8 Å². The minimum atomic E-state index is -0.616. The molecule has 1 fully saturated rings. The van der Waals surface area contributed by atoms with Crippen molar-refractivity contribution in [2.24, 2.45) is 17.8 Å². The fourth-order valence-corrected chi connectivity index (χ4v) is 2.68. The van der Waals surface area contributed by atoms with Gasteiger partial charge in [0.1, 0.15) is 0 Å². The molecule has 1 aliphatic heterocycles. The smallest absolute Gasteiger partial charge is 0.306 e. The molecule has 0 aromatic heterocycles. The molecular weight excluding hydrogens is 202 g/mol. The minimum absolute atomic E-state index is 0.100. The molecule has 0 saturated carbocycles. The average molecular weight is 227 g/mol. The van der Waals surface area contributed by atoms with E-state index in [9.17, 15) is 4.79 Å². The molecule has 3 heteroatoms. The summed E-state index contributed by atoms with van der Waals surface area (Å²) < 4.78 is 0. The van der Waals surface area contributed by atoms with E-state index in [0.29, 0.717) is 0 Å². The van der Waals surface area contributed by atoms with E-state index in [0.717, 1.165) is 44.3 Å². The summed E-state index contributed by atoms with van der Waals surface area (Å²) in [5.74, 6) is 0.763. The lowest BCUT2D eigenvalue weighted by Crippen LogP contribution is -2.38. The Kier molecular flexibility index (Phi) is 5.26. The summed E-state index contributed by atoms with van der Waals surface area (Å²) in [6.07, 6.45) is 2.91. The molecule has 16 heavy (non-hydrogen) atoms. The van der Waals surface area contributed by atoms with E-state index in [1.807, 2.05) is 0 Å². The first-order valence-electron chi connectivity index (χ1n) is 6.44. The van der Waals surface area contributed by atoms with Crippen LogP contribution in [0.2, 0.25) is 0 Å². The Morgan fingerprint density at radius 2 is 1.88 bits per heavy atom. The van der Waals surface area contributed by atoms with Crippen molar-refractivity contribution in [2.75, 3.05) is 19.6 Å². The molecule has 0 bridgehead atoms. The molecule has 0 aromatic rings. The van der Waals surface area contributed by atoms with Crippen LogP contribution in [-0.4, -0.2) is 35.6 Å². The van der Waals surface area contributed by atoms with Gasteiger partial charge in [0.15, 0.2) is 0 Å². The van der Waals surface area contributed by atoms with Gasteiger partial charge in [0.05, 0.1) is 5.92 Å². The Bertz CT molecular complexity index is 220. The zero-order valence-electron chi connectivity index (χ0n) is 10.8. The summed E-state index contributed by atoms with van der Waals surface area (Å²) in [4.78, 5) is 13.2. The second-order valence-electron chi connectivity index (χ2n) is 5.65. The maximum Gasteiger partial charge on any atom is 0.306 e. The number of carbonyl (C=O) groups is 1. The summed E-state index contributed by atoms with van der Waals surface area (Å²) in [5, 5.41) is 8.91. The lowest BCUT2D eigenvalue weighted by atomic mass is 9.94. The maximum absolute atomic E-state index is 10.8. The topological polar surface area (TPSA) is 40.5 Å². The Morgan fingerprint density at radius 1 is 1.31 bits per heavy atom. The highest BCUT2D eigenvalue weighted by molar-refractivity contribution is 5.70. The lowest BCUT2D eigenvalue weighted by molar-refractivity contribution is -0.143. The predicted octanol–water partition coefficient (Wildman–Crippen LogP) is 2.47. The molecule has 1 aliphatic rings. The molecule has 0 spiro atoms. The third-order valence-corrected chi connectivity index (χ3v) is 3.38. The highest BCUT2D eigenvalue weighted by Crippen LogP contribution is 2.20. The van der Waals surface area contributed by atoms with Crippen LogP contribution in [0.3, 0.4) is 0 Å². The van der Waals surface area contributed by atoms with Gasteiger partial charge in [-0.05, 0) is 44.2 Å². The van der Waals surface area contributed by atoms with Crippen molar-refractivity contribution in [1.29, 1.82) is 0 Å². The Hall–Kier alpha value is -0.570. The molecule has 0 aliphatic carbocycles. The number of nitrogens with zero attached hydrogens (tertiary/aromatic N) is 1.